The van der Waals surface area contributed by atoms with E-state index in [0.29, 0.717) is 6.04 Å². The van der Waals surface area contributed by atoms with Crippen LogP contribution in [0.3, 0.4) is 0 Å². The molecule has 0 aromatic rings. The number of nitrogens with one attached hydrogen (secondary N) is 1. The van der Waals surface area contributed by atoms with Gasteiger partial charge in [0.05, 0.1) is 6.04 Å². The van der Waals surface area contributed by atoms with Gasteiger partial charge in [-0.05, 0) is 19.8 Å². The van der Waals surface area contributed by atoms with Gasteiger partial charge in [-0.15, -0.1) is 0 Å². The van der Waals surface area contributed by atoms with Crippen LogP contribution in [0.4, 0.5) is 0 Å². The molecule has 1 aliphatic heterocycles. The van der Waals surface area contributed by atoms with E-state index >= 15 is 0 Å². The quantitative estimate of drug-likeness (QED) is 0.709. The van der Waals surface area contributed by atoms with Gasteiger partial charge >= 0.3 is 0 Å². The van der Waals surface area contributed by atoms with Crippen molar-refractivity contribution in [1.82, 2.24) is 10.2 Å². The minimum Gasteiger partial charge on any atom is -0.341 e. The summed E-state index contributed by atoms with van der Waals surface area (Å²) in [5.41, 5.74) is 0. The topological polar surface area (TPSA) is 32.3 Å². The molecule has 0 radical (unpaired) electrons. The zero-order valence-electron chi connectivity index (χ0n) is 8.84. The summed E-state index contributed by atoms with van der Waals surface area (Å²) in [5.74, 6) is 0.256. The second-order valence-electron chi connectivity index (χ2n) is 4.08. The highest BCUT2D eigenvalue weighted by atomic mass is 16.2. The third-order valence-corrected chi connectivity index (χ3v) is 2.37. The third-order valence-electron chi connectivity index (χ3n) is 2.37. The van der Waals surface area contributed by atoms with Crippen LogP contribution in [0.1, 0.15) is 33.6 Å². The van der Waals surface area contributed by atoms with Crippen molar-refractivity contribution in [3.63, 3.8) is 0 Å². The molecule has 1 unspecified atom stereocenters. The average Bonchev–Trinajstić information content (AvgIpc) is 2.53. The van der Waals surface area contributed by atoms with Crippen molar-refractivity contribution in [2.75, 3.05) is 13.1 Å². The molecule has 1 amide bonds. The molecule has 1 fully saturated rings. The maximum Gasteiger partial charge on any atom is 0.239 e. The normalized spacial score (nSPS) is 19.5. The Balaban J connectivity index is 2.36. The highest BCUT2D eigenvalue weighted by Crippen LogP contribution is 2.08. The lowest BCUT2D eigenvalue weighted by Gasteiger charge is -2.22. The largest absolute Gasteiger partial charge is 0.341 e. The lowest BCUT2D eigenvalue weighted by molar-refractivity contribution is -0.132. The maximum absolute atomic E-state index is 11.7. The Labute approximate surface area is 80.5 Å². The van der Waals surface area contributed by atoms with E-state index in [9.17, 15) is 4.79 Å². The zero-order valence-corrected chi connectivity index (χ0v) is 8.84. The molecule has 0 aromatic heterocycles. The molecule has 1 N–H and O–H groups in total. The summed E-state index contributed by atoms with van der Waals surface area (Å²) in [4.78, 5) is 13.7. The first kappa shape index (κ1) is 10.5. The van der Waals surface area contributed by atoms with E-state index in [0.717, 1.165) is 13.1 Å². The minimum atomic E-state index is -0.0295. The number of carbonyl (C=O) groups excluding carboxylic acids is 1. The fourth-order valence-electron chi connectivity index (χ4n) is 1.78. The number of nitrogens with zero attached hydrogens (tertiary/aromatic N) is 1. The van der Waals surface area contributed by atoms with Gasteiger partial charge in [0.25, 0.3) is 0 Å². The lowest BCUT2D eigenvalue weighted by Crippen LogP contribution is -2.45. The molecule has 0 aromatic carbocycles. The molecule has 0 bridgehead atoms. The first-order valence-electron chi connectivity index (χ1n) is 5.16. The third kappa shape index (κ3) is 2.99. The predicted octanol–water partition coefficient (Wildman–Crippen LogP) is 0.995. The van der Waals surface area contributed by atoms with E-state index in [4.69, 9.17) is 0 Å². The first-order valence-corrected chi connectivity index (χ1v) is 5.16. The Morgan fingerprint density at radius 1 is 1.23 bits per heavy atom. The molecule has 1 saturated heterocycles. The fraction of sp³-hybridized carbons (Fsp3) is 0.900. The standard InChI is InChI=1S/C10H20N2O/c1-8(2)11-9(3)10(13)12-6-4-5-7-12/h8-9,11H,4-7H2,1-3H3. The molecule has 1 atom stereocenters. The zero-order chi connectivity index (χ0) is 9.84. The Kier molecular flexibility index (Phi) is 3.72. The molecular weight excluding hydrogens is 164 g/mol. The Hall–Kier alpha value is -0.570. The van der Waals surface area contributed by atoms with Crippen molar-refractivity contribution in [3.05, 3.63) is 0 Å². The van der Waals surface area contributed by atoms with Crippen molar-refractivity contribution in [1.29, 1.82) is 0 Å². The van der Waals surface area contributed by atoms with Crippen molar-refractivity contribution in [3.8, 4) is 0 Å². The molecule has 3 nitrogen and oxygen atoms in total. The van der Waals surface area contributed by atoms with E-state index in [1.54, 1.807) is 0 Å². The van der Waals surface area contributed by atoms with Crippen LogP contribution in [0, 0.1) is 0 Å². The second kappa shape index (κ2) is 4.61. The SMILES string of the molecule is CC(C)NC(C)C(=O)N1CCCC1. The Bertz CT molecular complexity index is 174. The number of hydrogen-bond donors (Lipinski definition) is 1. The van der Waals surface area contributed by atoms with Crippen LogP contribution < -0.4 is 5.32 Å². The van der Waals surface area contributed by atoms with Crippen LogP contribution >= 0.6 is 0 Å². The maximum atomic E-state index is 11.7. The number of carbonyl (C=O) groups is 1. The summed E-state index contributed by atoms with van der Waals surface area (Å²) in [6.45, 7) is 7.97. The monoisotopic (exact) mass is 184 g/mol. The summed E-state index contributed by atoms with van der Waals surface area (Å²) in [7, 11) is 0. The van der Waals surface area contributed by atoms with E-state index in [-0.39, 0.29) is 11.9 Å². The number of likely N-dealkylation sites (tertiary alicyclic amines) is 1. The molecule has 76 valence electrons. The van der Waals surface area contributed by atoms with Gasteiger partial charge in [-0.2, -0.15) is 0 Å². The van der Waals surface area contributed by atoms with E-state index in [1.807, 2.05) is 11.8 Å². The minimum absolute atomic E-state index is 0.0295. The summed E-state index contributed by atoms with van der Waals surface area (Å²) in [6.07, 6.45) is 2.33. The van der Waals surface area contributed by atoms with E-state index in [1.165, 1.54) is 12.8 Å². The molecule has 0 aliphatic carbocycles. The van der Waals surface area contributed by atoms with Crippen molar-refractivity contribution in [2.24, 2.45) is 0 Å². The molecular formula is C10H20N2O. The predicted molar refractivity (Wildman–Crippen MR) is 53.5 cm³/mol. The first-order chi connectivity index (χ1) is 6.11. The van der Waals surface area contributed by atoms with Crippen LogP contribution in [-0.4, -0.2) is 36.0 Å². The molecule has 1 aliphatic rings. The van der Waals surface area contributed by atoms with Crippen LogP contribution in [0.2, 0.25) is 0 Å². The average molecular weight is 184 g/mol. The molecule has 1 heterocycles. The van der Waals surface area contributed by atoms with Crippen molar-refractivity contribution < 1.29 is 4.79 Å². The summed E-state index contributed by atoms with van der Waals surface area (Å²) in [5, 5.41) is 3.23. The highest BCUT2D eigenvalue weighted by Gasteiger charge is 2.22. The van der Waals surface area contributed by atoms with Gasteiger partial charge in [0.15, 0.2) is 0 Å². The van der Waals surface area contributed by atoms with Gasteiger partial charge < -0.3 is 10.2 Å². The van der Waals surface area contributed by atoms with Gasteiger partial charge in [-0.25, -0.2) is 0 Å². The fourth-order valence-corrected chi connectivity index (χ4v) is 1.78. The Morgan fingerprint density at radius 2 is 1.77 bits per heavy atom. The van der Waals surface area contributed by atoms with Gasteiger partial charge in [0.1, 0.15) is 0 Å². The highest BCUT2D eigenvalue weighted by molar-refractivity contribution is 5.81. The number of amides is 1. The lowest BCUT2D eigenvalue weighted by atomic mass is 10.2. The van der Waals surface area contributed by atoms with Crippen LogP contribution in [-0.2, 0) is 4.79 Å². The van der Waals surface area contributed by atoms with Crippen LogP contribution in [0.15, 0.2) is 0 Å². The van der Waals surface area contributed by atoms with Crippen molar-refractivity contribution in [2.45, 2.75) is 45.7 Å². The Morgan fingerprint density at radius 3 is 2.23 bits per heavy atom. The van der Waals surface area contributed by atoms with Crippen molar-refractivity contribution >= 4 is 5.91 Å². The van der Waals surface area contributed by atoms with Gasteiger partial charge in [-0.1, -0.05) is 13.8 Å². The van der Waals surface area contributed by atoms with E-state index in [2.05, 4.69) is 19.2 Å². The summed E-state index contributed by atoms with van der Waals surface area (Å²) < 4.78 is 0. The molecule has 13 heavy (non-hydrogen) atoms. The van der Waals surface area contributed by atoms with Gasteiger partial charge in [-0.3, -0.25) is 4.79 Å². The molecule has 3 heteroatoms. The summed E-state index contributed by atoms with van der Waals surface area (Å²) >= 11 is 0. The van der Waals surface area contributed by atoms with E-state index < -0.39 is 0 Å². The molecule has 0 saturated carbocycles. The molecule has 0 spiro atoms. The van der Waals surface area contributed by atoms with Crippen LogP contribution in [0.25, 0.3) is 0 Å². The number of rotatable bonds is 3. The summed E-state index contributed by atoms with van der Waals surface area (Å²) in [6, 6.07) is 0.347. The number of hydrogen-bond acceptors (Lipinski definition) is 2. The van der Waals surface area contributed by atoms with Crippen LogP contribution in [0.5, 0.6) is 0 Å². The molecule has 1 rings (SSSR count). The smallest absolute Gasteiger partial charge is 0.239 e. The second-order valence-corrected chi connectivity index (χ2v) is 4.08. The van der Waals surface area contributed by atoms with Gasteiger partial charge in [0, 0.05) is 19.1 Å². The van der Waals surface area contributed by atoms with Gasteiger partial charge in [0.2, 0.25) is 5.91 Å².